The van der Waals surface area contributed by atoms with Crippen molar-refractivity contribution in [2.75, 3.05) is 0 Å². The molecule has 0 saturated carbocycles. The highest BCUT2D eigenvalue weighted by Crippen LogP contribution is 2.21. The zero-order valence-corrected chi connectivity index (χ0v) is 22.9. The Morgan fingerprint density at radius 2 is 0.513 bits per heavy atom. The van der Waals surface area contributed by atoms with Crippen molar-refractivity contribution in [3.8, 4) is 28.7 Å². The Hall–Kier alpha value is -4.90. The monoisotopic (exact) mass is 526 g/mol. The molecule has 0 saturated heterocycles. The lowest BCUT2D eigenvalue weighted by molar-refractivity contribution is 0.404. The van der Waals surface area contributed by atoms with Crippen molar-refractivity contribution in [2.45, 2.75) is 27.7 Å². The predicted octanol–water partition coefficient (Wildman–Crippen LogP) is 8.19. The molecule has 0 fully saturated rings. The van der Waals surface area contributed by atoms with Crippen molar-refractivity contribution in [3.05, 3.63) is 150 Å². The van der Waals surface area contributed by atoms with Gasteiger partial charge in [0.25, 0.3) is 0 Å². The second kappa shape index (κ2) is 18.4. The fraction of sp³-hybridized carbons (Fsp3) is 0.118. The summed E-state index contributed by atoms with van der Waals surface area (Å²) in [6.07, 6.45) is 0. The van der Waals surface area contributed by atoms with Gasteiger partial charge in [-0.2, -0.15) is 0 Å². The Labute approximate surface area is 231 Å². The molecule has 5 nitrogen and oxygen atoms in total. The third-order valence-electron chi connectivity index (χ3n) is 5.17. The maximum atomic E-state index is 8.92. The molecule has 0 amide bonds. The molecule has 204 valence electrons. The first kappa shape index (κ1) is 32.1. The van der Waals surface area contributed by atoms with Crippen LogP contribution in [0.3, 0.4) is 0 Å². The quantitative estimate of drug-likeness (QED) is 0.131. The molecule has 5 aromatic carbocycles. The molecule has 5 aromatic rings. The maximum Gasteiger partial charge on any atom is 0.157 e. The molecule has 0 unspecified atom stereocenters. The zero-order valence-electron chi connectivity index (χ0n) is 22.9. The van der Waals surface area contributed by atoms with Crippen LogP contribution in [0.15, 0.2) is 127 Å². The van der Waals surface area contributed by atoms with E-state index in [0.717, 1.165) is 16.7 Å². The zero-order chi connectivity index (χ0) is 29.0. The lowest BCUT2D eigenvalue weighted by Gasteiger charge is -1.92. The van der Waals surface area contributed by atoms with E-state index >= 15 is 0 Å². The van der Waals surface area contributed by atoms with E-state index in [2.05, 4.69) is 19.1 Å². The first-order valence-corrected chi connectivity index (χ1v) is 12.3. The Kier molecular flexibility index (Phi) is 15.1. The van der Waals surface area contributed by atoms with Crippen LogP contribution in [0.4, 0.5) is 0 Å². The van der Waals surface area contributed by atoms with Crippen molar-refractivity contribution >= 4 is 0 Å². The Bertz CT molecular complexity index is 1090. The van der Waals surface area contributed by atoms with E-state index in [-0.39, 0.29) is 11.5 Å². The van der Waals surface area contributed by atoms with E-state index in [0.29, 0.717) is 17.2 Å². The fourth-order valence-electron chi connectivity index (χ4n) is 2.69. The van der Waals surface area contributed by atoms with Crippen molar-refractivity contribution in [1.29, 1.82) is 0 Å². The lowest BCUT2D eigenvalue weighted by Crippen LogP contribution is -1.68. The van der Waals surface area contributed by atoms with E-state index in [9.17, 15) is 0 Å². The highest BCUT2D eigenvalue weighted by molar-refractivity contribution is 5.36. The molecule has 39 heavy (non-hydrogen) atoms. The van der Waals surface area contributed by atoms with Gasteiger partial charge < -0.3 is 25.5 Å². The minimum Gasteiger partial charge on any atom is -0.508 e. The summed E-state index contributed by atoms with van der Waals surface area (Å²) in [5, 5.41) is 44.1. The summed E-state index contributed by atoms with van der Waals surface area (Å²) in [7, 11) is 0. The third kappa shape index (κ3) is 14.4. The minimum absolute atomic E-state index is 0.0764. The van der Waals surface area contributed by atoms with E-state index in [1.807, 2.05) is 93.6 Å². The Morgan fingerprint density at radius 3 is 0.667 bits per heavy atom. The fourth-order valence-corrected chi connectivity index (χ4v) is 2.69. The summed E-state index contributed by atoms with van der Waals surface area (Å²) in [5.74, 6) is 0.951. The second-order valence-electron chi connectivity index (χ2n) is 8.50. The number of aromatic hydroxyl groups is 5. The van der Waals surface area contributed by atoms with Gasteiger partial charge in [0, 0.05) is 0 Å². The lowest BCUT2D eigenvalue weighted by atomic mass is 10.2. The summed E-state index contributed by atoms with van der Waals surface area (Å²) in [4.78, 5) is 0. The summed E-state index contributed by atoms with van der Waals surface area (Å²) >= 11 is 0. The number of hydrogen-bond donors (Lipinski definition) is 5. The van der Waals surface area contributed by atoms with Gasteiger partial charge in [0.1, 0.15) is 17.2 Å². The van der Waals surface area contributed by atoms with Gasteiger partial charge >= 0.3 is 0 Å². The summed E-state index contributed by atoms with van der Waals surface area (Å²) in [5.41, 5.74) is 4.09. The van der Waals surface area contributed by atoms with Crippen molar-refractivity contribution in [2.24, 2.45) is 0 Å². The maximum absolute atomic E-state index is 8.92. The van der Waals surface area contributed by atoms with E-state index in [1.54, 1.807) is 30.3 Å². The van der Waals surface area contributed by atoms with Gasteiger partial charge in [-0.05, 0) is 74.7 Å². The predicted molar refractivity (Wildman–Crippen MR) is 159 cm³/mol. The number of hydrogen-bond acceptors (Lipinski definition) is 5. The Morgan fingerprint density at radius 1 is 0.282 bits per heavy atom. The van der Waals surface area contributed by atoms with Crippen molar-refractivity contribution < 1.29 is 25.5 Å². The van der Waals surface area contributed by atoms with Crippen LogP contribution in [0.2, 0.25) is 0 Å². The van der Waals surface area contributed by atoms with Crippen LogP contribution in [0.25, 0.3) is 0 Å². The molecule has 0 radical (unpaired) electrons. The molecule has 5 rings (SSSR count). The highest BCUT2D eigenvalue weighted by atomic mass is 16.3. The van der Waals surface area contributed by atoms with Crippen LogP contribution < -0.4 is 0 Å². The number of phenolic OH excluding ortho intramolecular Hbond substituents is 5. The molecule has 0 aliphatic heterocycles. The molecule has 0 aliphatic carbocycles. The van der Waals surface area contributed by atoms with Gasteiger partial charge in [-0.3, -0.25) is 0 Å². The summed E-state index contributed by atoms with van der Waals surface area (Å²) < 4.78 is 0. The van der Waals surface area contributed by atoms with Crippen LogP contribution in [0.5, 0.6) is 28.7 Å². The van der Waals surface area contributed by atoms with E-state index < -0.39 is 0 Å². The molecule has 0 heterocycles. The highest BCUT2D eigenvalue weighted by Gasteiger charge is 1.90. The normalized spacial score (nSPS) is 9.03. The van der Waals surface area contributed by atoms with Crippen LogP contribution in [0, 0.1) is 27.7 Å². The number of para-hydroxylation sites is 5. The molecule has 0 bridgehead atoms. The second-order valence-corrected chi connectivity index (χ2v) is 8.50. The standard InChI is InChI=1S/3C7H8O.C7H8.C6H6O2/c3*1-6-4-2-3-5-7(6)8;1-7-5-3-2-4-6-7;7-5-3-1-2-4-6(5)8/h3*2-5,8H,1H3;2-6H,1H3;1-4,7-8H. The van der Waals surface area contributed by atoms with Gasteiger partial charge in [-0.25, -0.2) is 0 Å². The third-order valence-corrected chi connectivity index (χ3v) is 5.17. The smallest absolute Gasteiger partial charge is 0.157 e. The topological polar surface area (TPSA) is 101 Å². The largest absolute Gasteiger partial charge is 0.508 e. The van der Waals surface area contributed by atoms with Crippen molar-refractivity contribution in [1.82, 2.24) is 0 Å². The van der Waals surface area contributed by atoms with Crippen molar-refractivity contribution in [3.63, 3.8) is 0 Å². The molecule has 5 heteroatoms. The molecular formula is C34H38O5. The minimum atomic E-state index is -0.0764. The molecule has 0 aliphatic rings. The molecule has 5 N–H and O–H groups in total. The summed E-state index contributed by atoms with van der Waals surface area (Å²) in [6.45, 7) is 7.69. The number of phenols is 5. The number of benzene rings is 5. The SMILES string of the molecule is Cc1ccccc1.Cc1ccccc1O.Cc1ccccc1O.Cc1ccccc1O.Oc1ccccc1O. The van der Waals surface area contributed by atoms with Gasteiger partial charge in [0.15, 0.2) is 11.5 Å². The first-order valence-electron chi connectivity index (χ1n) is 12.3. The summed E-state index contributed by atoms with van der Waals surface area (Å²) in [6, 6.07) is 38.2. The van der Waals surface area contributed by atoms with Gasteiger partial charge in [-0.1, -0.05) is 103 Å². The average Bonchev–Trinajstić information content (AvgIpc) is 2.93. The Balaban J connectivity index is 0.000000244. The van der Waals surface area contributed by atoms with Gasteiger partial charge in [0.2, 0.25) is 0 Å². The van der Waals surface area contributed by atoms with Gasteiger partial charge in [-0.15, -0.1) is 0 Å². The molecule has 0 spiro atoms. The number of rotatable bonds is 0. The van der Waals surface area contributed by atoms with E-state index in [1.165, 1.54) is 17.7 Å². The van der Waals surface area contributed by atoms with E-state index in [4.69, 9.17) is 25.5 Å². The molecular weight excluding hydrogens is 488 g/mol. The molecule has 0 aromatic heterocycles. The van der Waals surface area contributed by atoms with Crippen LogP contribution in [0.1, 0.15) is 22.3 Å². The van der Waals surface area contributed by atoms with Crippen LogP contribution in [-0.2, 0) is 0 Å². The van der Waals surface area contributed by atoms with Gasteiger partial charge in [0.05, 0.1) is 0 Å². The first-order chi connectivity index (χ1) is 18.6. The number of aryl methyl sites for hydroxylation is 4. The molecule has 0 atom stereocenters. The van der Waals surface area contributed by atoms with Crippen LogP contribution >= 0.6 is 0 Å². The van der Waals surface area contributed by atoms with Crippen LogP contribution in [-0.4, -0.2) is 25.5 Å². The average molecular weight is 527 g/mol.